The zero-order valence-corrected chi connectivity index (χ0v) is 49.7. The van der Waals surface area contributed by atoms with Gasteiger partial charge in [-0.2, -0.15) is 23.3 Å². The number of alkyl halides is 3. The van der Waals surface area contributed by atoms with Gasteiger partial charge in [0.15, 0.2) is 17.3 Å². The fourth-order valence-corrected chi connectivity index (χ4v) is 14.0. The molecule has 0 atom stereocenters. The topological polar surface area (TPSA) is 251 Å². The maximum Gasteiger partial charge on any atom is 0.435 e. The van der Waals surface area contributed by atoms with Gasteiger partial charge in [0, 0.05) is 101 Å². The van der Waals surface area contributed by atoms with Crippen LogP contribution >= 0.6 is 0 Å². The number of hydrogen-bond donors (Lipinski definition) is 3. The van der Waals surface area contributed by atoms with Crippen LogP contribution in [0.5, 0.6) is 5.75 Å². The number of halogens is 3. The fraction of sp³-hybridized carbons (Fsp3) is 0.500. The predicted octanol–water partition coefficient (Wildman–Crippen LogP) is 8.15. The second-order valence-corrected chi connectivity index (χ2v) is 25.8. The number of nitrogens with zero attached hydrogens (tertiary/aromatic N) is 10. The molecule has 5 aromatic rings. The Hall–Kier alpha value is -8.00. The summed E-state index contributed by atoms with van der Waals surface area (Å²) in [5.41, 5.74) is 6.55. The summed E-state index contributed by atoms with van der Waals surface area (Å²) in [6.45, 7) is 11.0. The highest BCUT2D eigenvalue weighted by atomic mass is 32.2. The highest BCUT2D eigenvalue weighted by Gasteiger charge is 2.46. The lowest BCUT2D eigenvalue weighted by Gasteiger charge is -2.43. The summed E-state index contributed by atoms with van der Waals surface area (Å²) < 4.78 is 83.5. The molecule has 26 heteroatoms. The Morgan fingerprint density at radius 1 is 0.814 bits per heavy atom. The molecule has 11 rings (SSSR count). The van der Waals surface area contributed by atoms with Crippen LogP contribution in [0, 0.1) is 11.3 Å². The van der Waals surface area contributed by atoms with Crippen molar-refractivity contribution in [1.29, 1.82) is 0 Å². The van der Waals surface area contributed by atoms with Crippen molar-refractivity contribution in [1.82, 2.24) is 34.4 Å². The van der Waals surface area contributed by atoms with E-state index in [1.165, 1.54) is 23.2 Å². The van der Waals surface area contributed by atoms with Gasteiger partial charge in [0.05, 0.1) is 58.5 Å². The van der Waals surface area contributed by atoms with E-state index in [0.717, 1.165) is 33.8 Å². The minimum Gasteiger partial charge on any atom is -0.492 e. The average molecular weight is 1210 g/mol. The van der Waals surface area contributed by atoms with E-state index in [1.54, 1.807) is 42.3 Å². The van der Waals surface area contributed by atoms with Gasteiger partial charge in [-0.3, -0.25) is 24.1 Å². The van der Waals surface area contributed by atoms with E-state index < -0.39 is 50.5 Å². The number of ether oxygens (including phenoxy) is 2. The Kier molecular flexibility index (Phi) is 16.5. The number of nitrogens with two attached hydrogens (primary N) is 1. The first-order valence-electron chi connectivity index (χ1n) is 29.4. The second-order valence-electron chi connectivity index (χ2n) is 24.0. The molecule has 4 amide bonds. The van der Waals surface area contributed by atoms with Gasteiger partial charge in [-0.25, -0.2) is 27.2 Å². The summed E-state index contributed by atoms with van der Waals surface area (Å²) in [6, 6.07) is 16.9. The number of piperazine rings is 1. The van der Waals surface area contributed by atoms with Gasteiger partial charge < -0.3 is 45.4 Å². The van der Waals surface area contributed by atoms with Crippen LogP contribution in [0.3, 0.4) is 0 Å². The smallest absolute Gasteiger partial charge is 0.435 e. The number of carbonyl (C=O) groups is 5. The molecule has 6 aliphatic rings. The highest BCUT2D eigenvalue weighted by Crippen LogP contribution is 2.44. The molecule has 2 aromatic heterocycles. The van der Waals surface area contributed by atoms with Crippen LogP contribution in [0.4, 0.5) is 58.2 Å². The number of hydrogen-bond acceptors (Lipinski definition) is 16. The summed E-state index contributed by atoms with van der Waals surface area (Å²) in [5, 5.41) is 10.5. The molecular formula is C60H72F3N13O9S. The van der Waals surface area contributed by atoms with Gasteiger partial charge in [0.2, 0.25) is 21.9 Å². The van der Waals surface area contributed by atoms with E-state index in [0.29, 0.717) is 121 Å². The number of sulfonamides is 1. The van der Waals surface area contributed by atoms with Crippen molar-refractivity contribution in [3.05, 3.63) is 94.9 Å². The number of anilines is 7. The number of para-hydroxylation sites is 1. The SMILES string of the molecule is CCOc1cc(N2CCC(C(=O)N3CCC(N4CCN(C(=O)OC5CCC(Nc6cc(-n7nc(C(F)(F)F)c8c7CC(C)(C)CC8=O)ccc6C(N)=O)CC5)CC4)CC3)CC2)ccc1Nc1ncc2c(n1)N(S(C)(=O)=O)c1ccccc1C(=O)N2C. The van der Waals surface area contributed by atoms with Crippen LogP contribution in [0.2, 0.25) is 0 Å². The first kappa shape index (κ1) is 59.7. The van der Waals surface area contributed by atoms with Crippen LogP contribution < -0.4 is 35.2 Å². The minimum absolute atomic E-state index is 0.0219. The lowest BCUT2D eigenvalue weighted by molar-refractivity contribution is -0.141. The van der Waals surface area contributed by atoms with E-state index in [4.69, 9.17) is 15.2 Å². The Bertz CT molecular complexity index is 3570. The normalized spacial score (nSPS) is 20.6. The van der Waals surface area contributed by atoms with Crippen molar-refractivity contribution in [2.24, 2.45) is 17.1 Å². The summed E-state index contributed by atoms with van der Waals surface area (Å²) in [5.74, 6) is -0.974. The lowest BCUT2D eigenvalue weighted by Crippen LogP contribution is -2.55. The molecule has 0 radical (unpaired) electrons. The number of ketones is 1. The van der Waals surface area contributed by atoms with Crippen LogP contribution in [0.25, 0.3) is 5.69 Å². The third-order valence-corrected chi connectivity index (χ3v) is 18.5. The molecule has 3 saturated heterocycles. The number of amides is 4. The van der Waals surface area contributed by atoms with Crippen molar-refractivity contribution in [2.45, 2.75) is 109 Å². The van der Waals surface area contributed by atoms with Gasteiger partial charge in [0.25, 0.3) is 11.8 Å². The molecule has 0 bridgehead atoms. The van der Waals surface area contributed by atoms with Crippen molar-refractivity contribution >= 4 is 79.8 Å². The number of piperidine rings is 2. The number of rotatable bonds is 13. The zero-order valence-electron chi connectivity index (χ0n) is 48.9. The summed E-state index contributed by atoms with van der Waals surface area (Å²) in [6.07, 6.45) is 2.50. The zero-order chi connectivity index (χ0) is 61.0. The quantitative estimate of drug-likeness (QED) is 0.101. The van der Waals surface area contributed by atoms with Gasteiger partial charge in [-0.1, -0.05) is 26.0 Å². The summed E-state index contributed by atoms with van der Waals surface area (Å²) in [4.78, 5) is 85.4. The van der Waals surface area contributed by atoms with Gasteiger partial charge in [-0.15, -0.1) is 0 Å². The summed E-state index contributed by atoms with van der Waals surface area (Å²) >= 11 is 0. The lowest BCUT2D eigenvalue weighted by atomic mass is 9.75. The van der Waals surface area contributed by atoms with Crippen molar-refractivity contribution in [3.8, 4) is 11.4 Å². The number of fused-ring (bicyclic) bond motifs is 3. The number of aromatic nitrogens is 4. The van der Waals surface area contributed by atoms with E-state index in [1.807, 2.05) is 43.9 Å². The first-order chi connectivity index (χ1) is 40.9. The third kappa shape index (κ3) is 12.2. The van der Waals surface area contributed by atoms with Crippen molar-refractivity contribution in [3.63, 3.8) is 0 Å². The standard InChI is InChI=1S/C60H72F3N13O9S/c1-6-84-50-32-39(14-18-44(50)67-57-65-35-48-54(68-57)76(86(5,82)83)46-10-8-7-9-43(46)56(80)70(48)4)71-23-19-36(20-24-71)55(79)73-25-21-38(22-26-73)72-27-29-74(30-28-72)58(81)85-41-15-11-37(12-16-41)66-45-31-40(13-17-42(45)53(64)78)75-47-33-59(2,3)34-49(77)51(47)52(69-75)60(61,62)63/h7-10,13-14,17-18,31-32,35-38,41,66H,6,11-12,15-16,19-30,33-34H2,1-5H3,(H2,64,78)(H,65,67,68). The number of benzene rings is 3. The van der Waals surface area contributed by atoms with Crippen LogP contribution in [0.1, 0.15) is 121 Å². The van der Waals surface area contributed by atoms with E-state index >= 15 is 0 Å². The second kappa shape index (κ2) is 23.7. The van der Waals surface area contributed by atoms with E-state index in [-0.39, 0.29) is 88.6 Å². The Morgan fingerprint density at radius 2 is 1.51 bits per heavy atom. The number of likely N-dealkylation sites (tertiary alicyclic amines) is 1. The number of primary amides is 1. The molecule has 4 N–H and O–H groups in total. The molecule has 86 heavy (non-hydrogen) atoms. The van der Waals surface area contributed by atoms with Crippen molar-refractivity contribution in [2.75, 3.05) is 97.0 Å². The molecule has 1 saturated carbocycles. The fourth-order valence-electron chi connectivity index (χ4n) is 13.1. The number of carbonyl (C=O) groups excluding carboxylic acids is 5. The third-order valence-electron chi connectivity index (χ3n) is 17.5. The molecule has 0 spiro atoms. The molecule has 22 nitrogen and oxygen atoms in total. The van der Waals surface area contributed by atoms with Gasteiger partial charge in [-0.05, 0) is 113 Å². The molecule has 4 fully saturated rings. The molecule has 4 aliphatic heterocycles. The van der Waals surface area contributed by atoms with Gasteiger partial charge >= 0.3 is 12.3 Å². The molecule has 458 valence electrons. The van der Waals surface area contributed by atoms with Crippen LogP contribution in [0.15, 0.2) is 66.9 Å². The predicted molar refractivity (Wildman–Crippen MR) is 316 cm³/mol. The van der Waals surface area contributed by atoms with E-state index in [2.05, 4.69) is 35.5 Å². The molecule has 0 unspecified atom stereocenters. The van der Waals surface area contributed by atoms with Crippen LogP contribution in [-0.2, 0) is 32.2 Å². The molecule has 6 heterocycles. The van der Waals surface area contributed by atoms with E-state index in [9.17, 15) is 45.6 Å². The molecule has 2 aliphatic carbocycles. The Balaban J connectivity index is 0.627. The highest BCUT2D eigenvalue weighted by molar-refractivity contribution is 7.92. The first-order valence-corrected chi connectivity index (χ1v) is 31.2. The molecule has 3 aromatic carbocycles. The van der Waals surface area contributed by atoms with Crippen molar-refractivity contribution < 1.29 is 55.0 Å². The molecular weight excluding hydrogens is 1140 g/mol. The maximum atomic E-state index is 14.2. The summed E-state index contributed by atoms with van der Waals surface area (Å²) in [7, 11) is -2.40. The Labute approximate surface area is 497 Å². The van der Waals surface area contributed by atoms with Gasteiger partial charge in [0.1, 0.15) is 17.5 Å². The maximum absolute atomic E-state index is 14.2. The number of nitrogens with one attached hydrogen (secondary N) is 2. The monoisotopic (exact) mass is 1210 g/mol. The van der Waals surface area contributed by atoms with Crippen LogP contribution in [-0.4, -0.2) is 163 Å². The largest absolute Gasteiger partial charge is 0.492 e. The minimum atomic E-state index is -4.84. The Morgan fingerprint density at radius 3 is 2.19 bits per heavy atom. The number of Topliss-reactive ketones (excluding diaryl/α,β-unsaturated/α-hetero) is 1. The average Bonchev–Trinajstić information content (AvgIpc) is 1.67.